The van der Waals surface area contributed by atoms with E-state index in [-0.39, 0.29) is 23.5 Å². The number of rotatable bonds is 5. The summed E-state index contributed by atoms with van der Waals surface area (Å²) < 4.78 is 27.5. The van der Waals surface area contributed by atoms with E-state index in [9.17, 15) is 8.42 Å². The maximum atomic E-state index is 12.4. The maximum absolute atomic E-state index is 12.4. The Kier molecular flexibility index (Phi) is 4.61. The van der Waals surface area contributed by atoms with E-state index in [0.717, 1.165) is 11.1 Å². The van der Waals surface area contributed by atoms with Crippen LogP contribution in [0.3, 0.4) is 0 Å². The van der Waals surface area contributed by atoms with Crippen molar-refractivity contribution in [2.75, 3.05) is 6.61 Å². The van der Waals surface area contributed by atoms with Crippen molar-refractivity contribution < 1.29 is 13.5 Å². The quantitative estimate of drug-likeness (QED) is 0.829. The summed E-state index contributed by atoms with van der Waals surface area (Å²) in [7, 11) is -3.56. The van der Waals surface area contributed by atoms with Gasteiger partial charge in [-0.3, -0.25) is 0 Å². The molecular formula is C18H19NO3S. The first-order valence-corrected chi connectivity index (χ1v) is 9.04. The van der Waals surface area contributed by atoms with Gasteiger partial charge in [0.2, 0.25) is 10.0 Å². The number of hydrogen-bond donors (Lipinski definition) is 2. The fourth-order valence-corrected chi connectivity index (χ4v) is 3.93. The molecule has 5 heteroatoms. The highest BCUT2D eigenvalue weighted by atomic mass is 32.2. The fraction of sp³-hybridized carbons (Fsp3) is 0.222. The molecule has 0 radical (unpaired) electrons. The predicted molar refractivity (Wildman–Crippen MR) is 90.3 cm³/mol. The molecule has 0 fully saturated rings. The summed E-state index contributed by atoms with van der Waals surface area (Å²) in [6, 6.07) is 16.4. The summed E-state index contributed by atoms with van der Waals surface area (Å²) in [5, 5.41) is 9.11. The molecule has 23 heavy (non-hydrogen) atoms. The van der Waals surface area contributed by atoms with Crippen LogP contribution in [0.25, 0.3) is 11.1 Å². The summed E-state index contributed by atoms with van der Waals surface area (Å²) in [5.74, 6) is 0.0307. The van der Waals surface area contributed by atoms with Crippen LogP contribution in [0.5, 0.6) is 0 Å². The molecule has 120 valence electrons. The van der Waals surface area contributed by atoms with Crippen molar-refractivity contribution >= 4 is 10.0 Å². The van der Waals surface area contributed by atoms with E-state index in [1.165, 1.54) is 0 Å². The van der Waals surface area contributed by atoms with E-state index in [4.69, 9.17) is 5.11 Å². The van der Waals surface area contributed by atoms with Crippen LogP contribution >= 0.6 is 0 Å². The average molecular weight is 329 g/mol. The lowest BCUT2D eigenvalue weighted by Gasteiger charge is -2.13. The predicted octanol–water partition coefficient (Wildman–Crippen LogP) is 2.57. The van der Waals surface area contributed by atoms with Gasteiger partial charge in [0, 0.05) is 18.6 Å². The Morgan fingerprint density at radius 1 is 0.957 bits per heavy atom. The minimum atomic E-state index is -3.56. The second-order valence-electron chi connectivity index (χ2n) is 5.68. The van der Waals surface area contributed by atoms with Crippen LogP contribution in [0.1, 0.15) is 6.42 Å². The molecule has 2 aromatic carbocycles. The summed E-state index contributed by atoms with van der Waals surface area (Å²) >= 11 is 0. The molecule has 0 aromatic heterocycles. The summed E-state index contributed by atoms with van der Waals surface area (Å²) in [6.07, 6.45) is 4.25. The van der Waals surface area contributed by atoms with Gasteiger partial charge in [0.15, 0.2) is 0 Å². The van der Waals surface area contributed by atoms with E-state index in [2.05, 4.69) is 4.72 Å². The summed E-state index contributed by atoms with van der Waals surface area (Å²) in [5.41, 5.74) is 2.03. The van der Waals surface area contributed by atoms with Crippen LogP contribution < -0.4 is 4.72 Å². The first-order chi connectivity index (χ1) is 11.1. The zero-order chi connectivity index (χ0) is 16.3. The number of benzene rings is 2. The standard InChI is InChI=1S/C18H19NO3S/c20-13-14-6-9-17(12-14)19-23(21,22)18-10-7-16(8-11-18)15-4-2-1-3-5-15/h1-11,14,17,19-20H,12-13H2/t14-,17+/m0/s1. The van der Waals surface area contributed by atoms with E-state index in [1.54, 1.807) is 18.2 Å². The smallest absolute Gasteiger partial charge is 0.241 e. The molecule has 1 aliphatic rings. The van der Waals surface area contributed by atoms with Crippen LogP contribution in [-0.2, 0) is 10.0 Å². The molecular weight excluding hydrogens is 310 g/mol. The highest BCUT2D eigenvalue weighted by Gasteiger charge is 2.24. The Labute approximate surface area is 136 Å². The van der Waals surface area contributed by atoms with Gasteiger partial charge in [0.1, 0.15) is 0 Å². The first kappa shape index (κ1) is 15.9. The van der Waals surface area contributed by atoms with E-state index in [1.807, 2.05) is 48.5 Å². The van der Waals surface area contributed by atoms with Crippen LogP contribution in [0.2, 0.25) is 0 Å². The van der Waals surface area contributed by atoms with Crippen molar-refractivity contribution in [3.05, 3.63) is 66.7 Å². The van der Waals surface area contributed by atoms with E-state index < -0.39 is 10.0 Å². The molecule has 0 saturated heterocycles. The van der Waals surface area contributed by atoms with Crippen LogP contribution in [-0.4, -0.2) is 26.2 Å². The highest BCUT2D eigenvalue weighted by Crippen LogP contribution is 2.23. The highest BCUT2D eigenvalue weighted by molar-refractivity contribution is 7.89. The minimum Gasteiger partial charge on any atom is -0.396 e. The van der Waals surface area contributed by atoms with Gasteiger partial charge < -0.3 is 5.11 Å². The third kappa shape index (κ3) is 3.69. The van der Waals surface area contributed by atoms with Crippen LogP contribution in [0, 0.1) is 5.92 Å². The molecule has 0 aliphatic heterocycles. The van der Waals surface area contributed by atoms with Gasteiger partial charge in [-0.05, 0) is 29.7 Å². The number of sulfonamides is 1. The number of hydrogen-bond acceptors (Lipinski definition) is 3. The van der Waals surface area contributed by atoms with Gasteiger partial charge >= 0.3 is 0 Å². The van der Waals surface area contributed by atoms with Gasteiger partial charge in [-0.25, -0.2) is 13.1 Å². The normalized spacial score (nSPS) is 20.7. The van der Waals surface area contributed by atoms with Crippen molar-refractivity contribution in [1.29, 1.82) is 0 Å². The average Bonchev–Trinajstić information content (AvgIpc) is 3.03. The number of aliphatic hydroxyl groups is 1. The van der Waals surface area contributed by atoms with Crippen molar-refractivity contribution in [3.8, 4) is 11.1 Å². The first-order valence-electron chi connectivity index (χ1n) is 7.55. The zero-order valence-corrected chi connectivity index (χ0v) is 13.4. The van der Waals surface area contributed by atoms with Gasteiger partial charge in [-0.15, -0.1) is 0 Å². The summed E-state index contributed by atoms with van der Waals surface area (Å²) in [6.45, 7) is 0.0422. The molecule has 2 atom stereocenters. The van der Waals surface area contributed by atoms with Gasteiger partial charge in [-0.2, -0.15) is 0 Å². The largest absolute Gasteiger partial charge is 0.396 e. The molecule has 4 nitrogen and oxygen atoms in total. The Bertz CT molecular complexity index is 783. The maximum Gasteiger partial charge on any atom is 0.241 e. The molecule has 2 aromatic rings. The van der Waals surface area contributed by atoms with Gasteiger partial charge in [-0.1, -0.05) is 54.6 Å². The number of aliphatic hydroxyl groups excluding tert-OH is 1. The van der Waals surface area contributed by atoms with Crippen LogP contribution in [0.15, 0.2) is 71.6 Å². The lowest BCUT2D eigenvalue weighted by molar-refractivity contribution is 0.248. The van der Waals surface area contributed by atoms with Crippen molar-refractivity contribution in [3.63, 3.8) is 0 Å². The van der Waals surface area contributed by atoms with Crippen molar-refractivity contribution in [1.82, 2.24) is 4.72 Å². The topological polar surface area (TPSA) is 66.4 Å². The molecule has 2 N–H and O–H groups in total. The van der Waals surface area contributed by atoms with E-state index >= 15 is 0 Å². The minimum absolute atomic E-state index is 0.0307. The lowest BCUT2D eigenvalue weighted by Crippen LogP contribution is -2.32. The fourth-order valence-electron chi connectivity index (χ4n) is 2.72. The Morgan fingerprint density at radius 3 is 2.22 bits per heavy atom. The van der Waals surface area contributed by atoms with Gasteiger partial charge in [0.25, 0.3) is 0 Å². The summed E-state index contributed by atoms with van der Waals surface area (Å²) in [4.78, 5) is 0.248. The van der Waals surface area contributed by atoms with Crippen LogP contribution in [0.4, 0.5) is 0 Å². The molecule has 0 spiro atoms. The molecule has 0 amide bonds. The Morgan fingerprint density at radius 2 is 1.61 bits per heavy atom. The Balaban J connectivity index is 1.75. The molecule has 0 bridgehead atoms. The zero-order valence-electron chi connectivity index (χ0n) is 12.6. The number of nitrogens with one attached hydrogen (secondary N) is 1. The molecule has 0 saturated carbocycles. The second-order valence-corrected chi connectivity index (χ2v) is 7.40. The molecule has 1 aliphatic carbocycles. The SMILES string of the molecule is O=S(=O)(N[C@@H]1C=C[C@H](CO)C1)c1ccc(-c2ccccc2)cc1. The third-order valence-corrected chi connectivity index (χ3v) is 5.49. The molecule has 0 unspecified atom stereocenters. The molecule has 0 heterocycles. The van der Waals surface area contributed by atoms with Gasteiger partial charge in [0.05, 0.1) is 4.90 Å². The Hall–Kier alpha value is -1.95. The second kappa shape index (κ2) is 6.66. The monoisotopic (exact) mass is 329 g/mol. The van der Waals surface area contributed by atoms with Crippen molar-refractivity contribution in [2.45, 2.75) is 17.4 Å². The lowest BCUT2D eigenvalue weighted by atomic mass is 10.1. The third-order valence-electron chi connectivity index (χ3n) is 3.99. The molecule has 3 rings (SSSR count). The van der Waals surface area contributed by atoms with E-state index in [0.29, 0.717) is 6.42 Å². The van der Waals surface area contributed by atoms with Crippen molar-refractivity contribution in [2.24, 2.45) is 5.92 Å².